The number of ether oxygens (including phenoxy) is 1. The number of aryl methyl sites for hydroxylation is 1. The van der Waals surface area contributed by atoms with Crippen molar-refractivity contribution in [3.63, 3.8) is 0 Å². The number of hydrogen-bond donors (Lipinski definition) is 1. The molecule has 2 saturated heterocycles. The van der Waals surface area contributed by atoms with E-state index in [9.17, 15) is 9.18 Å². The van der Waals surface area contributed by atoms with Crippen molar-refractivity contribution in [2.75, 3.05) is 31.6 Å². The maximum absolute atomic E-state index is 14.1. The van der Waals surface area contributed by atoms with Crippen LogP contribution in [0.1, 0.15) is 30.5 Å². The van der Waals surface area contributed by atoms with Crippen LogP contribution in [0, 0.1) is 18.2 Å². The van der Waals surface area contributed by atoms with Crippen LogP contribution >= 0.6 is 11.6 Å². The average molecular weight is 395 g/mol. The first-order chi connectivity index (χ1) is 13.0. The van der Waals surface area contributed by atoms with Crippen molar-refractivity contribution >= 4 is 23.3 Å². The summed E-state index contributed by atoms with van der Waals surface area (Å²) in [6.45, 7) is 3.97. The SMILES string of the molecule is Cc1noc([C@H]2CN(C(=O)Nc3cccc(Cl)c3F)CC23CCOCC3)n1. The van der Waals surface area contributed by atoms with Gasteiger partial charge in [-0.2, -0.15) is 4.98 Å². The summed E-state index contributed by atoms with van der Waals surface area (Å²) in [6, 6.07) is 4.14. The summed E-state index contributed by atoms with van der Waals surface area (Å²) < 4.78 is 25.1. The standard InChI is InChI=1S/C18H20ClFN4O3/c1-11-21-16(27-23-11)12-9-24(10-18(12)5-7-26-8-6-18)17(25)22-14-4-2-3-13(19)15(14)20/h2-4,12H,5-10H2,1H3,(H,22,25)/t12-/m1/s1. The summed E-state index contributed by atoms with van der Waals surface area (Å²) in [6.07, 6.45) is 1.60. The highest BCUT2D eigenvalue weighted by atomic mass is 35.5. The number of urea groups is 1. The van der Waals surface area contributed by atoms with Crippen molar-refractivity contribution < 1.29 is 18.4 Å². The molecule has 0 saturated carbocycles. The number of benzene rings is 1. The quantitative estimate of drug-likeness (QED) is 0.841. The van der Waals surface area contributed by atoms with Crippen molar-refractivity contribution in [1.82, 2.24) is 15.0 Å². The van der Waals surface area contributed by atoms with Gasteiger partial charge in [0.25, 0.3) is 0 Å². The van der Waals surface area contributed by atoms with Crippen LogP contribution < -0.4 is 5.32 Å². The molecule has 0 bridgehead atoms. The van der Waals surface area contributed by atoms with E-state index in [1.165, 1.54) is 12.1 Å². The highest BCUT2D eigenvalue weighted by molar-refractivity contribution is 6.31. The molecule has 1 N–H and O–H groups in total. The summed E-state index contributed by atoms with van der Waals surface area (Å²) in [7, 11) is 0. The van der Waals surface area contributed by atoms with E-state index in [2.05, 4.69) is 15.5 Å². The van der Waals surface area contributed by atoms with Crippen molar-refractivity contribution in [2.24, 2.45) is 5.41 Å². The molecule has 1 aromatic heterocycles. The number of hydrogen-bond acceptors (Lipinski definition) is 5. The maximum Gasteiger partial charge on any atom is 0.321 e. The molecule has 2 aliphatic rings. The van der Waals surface area contributed by atoms with Crippen LogP contribution in [0.4, 0.5) is 14.9 Å². The van der Waals surface area contributed by atoms with Gasteiger partial charge in [0.1, 0.15) is 0 Å². The molecule has 1 spiro atoms. The van der Waals surface area contributed by atoms with E-state index < -0.39 is 5.82 Å². The molecular formula is C18H20ClFN4O3. The summed E-state index contributed by atoms with van der Waals surface area (Å²) >= 11 is 5.80. The van der Waals surface area contributed by atoms with Gasteiger partial charge in [0.15, 0.2) is 11.6 Å². The second kappa shape index (κ2) is 7.09. The lowest BCUT2D eigenvalue weighted by Gasteiger charge is -2.36. The van der Waals surface area contributed by atoms with E-state index in [0.717, 1.165) is 12.8 Å². The Kier molecular flexibility index (Phi) is 4.77. The van der Waals surface area contributed by atoms with Crippen molar-refractivity contribution in [3.8, 4) is 0 Å². The molecule has 2 fully saturated rings. The predicted molar refractivity (Wildman–Crippen MR) is 96.3 cm³/mol. The number of anilines is 1. The third-order valence-electron chi connectivity index (χ3n) is 5.46. The normalized spacial score (nSPS) is 21.6. The van der Waals surface area contributed by atoms with Gasteiger partial charge in [-0.3, -0.25) is 0 Å². The molecule has 1 aromatic carbocycles. The molecule has 2 amide bonds. The molecule has 4 rings (SSSR count). The molecule has 0 radical (unpaired) electrons. The van der Waals surface area contributed by atoms with Gasteiger partial charge in [-0.05, 0) is 31.9 Å². The van der Waals surface area contributed by atoms with Crippen LogP contribution in [-0.4, -0.2) is 47.4 Å². The van der Waals surface area contributed by atoms with Crippen LogP contribution in [0.5, 0.6) is 0 Å². The molecule has 27 heavy (non-hydrogen) atoms. The second-order valence-corrected chi connectivity index (χ2v) is 7.53. The minimum Gasteiger partial charge on any atom is -0.381 e. The molecule has 2 aromatic rings. The Labute approximate surface area is 160 Å². The summed E-state index contributed by atoms with van der Waals surface area (Å²) in [5.41, 5.74) is -0.118. The van der Waals surface area contributed by atoms with Gasteiger partial charge in [0.05, 0.1) is 16.6 Å². The Morgan fingerprint density at radius 1 is 1.41 bits per heavy atom. The van der Waals surface area contributed by atoms with Crippen LogP contribution in [0.25, 0.3) is 0 Å². The van der Waals surface area contributed by atoms with Crippen LogP contribution in [0.2, 0.25) is 5.02 Å². The largest absolute Gasteiger partial charge is 0.381 e. The molecule has 2 aliphatic heterocycles. The number of aromatic nitrogens is 2. The zero-order chi connectivity index (χ0) is 19.0. The van der Waals surface area contributed by atoms with Crippen LogP contribution in [0.15, 0.2) is 22.7 Å². The van der Waals surface area contributed by atoms with E-state index in [1.54, 1.807) is 17.9 Å². The van der Waals surface area contributed by atoms with E-state index in [1.807, 2.05) is 0 Å². The van der Waals surface area contributed by atoms with Gasteiger partial charge in [-0.25, -0.2) is 9.18 Å². The second-order valence-electron chi connectivity index (χ2n) is 7.12. The molecular weight excluding hydrogens is 375 g/mol. The van der Waals surface area contributed by atoms with Gasteiger partial charge >= 0.3 is 6.03 Å². The fourth-order valence-corrected chi connectivity index (χ4v) is 4.17. The van der Waals surface area contributed by atoms with Gasteiger partial charge < -0.3 is 19.5 Å². The van der Waals surface area contributed by atoms with Crippen LogP contribution in [0.3, 0.4) is 0 Å². The Morgan fingerprint density at radius 3 is 2.89 bits per heavy atom. The molecule has 0 unspecified atom stereocenters. The summed E-state index contributed by atoms with van der Waals surface area (Å²) in [4.78, 5) is 18.9. The minimum atomic E-state index is -0.642. The average Bonchev–Trinajstić information content (AvgIpc) is 3.23. The number of carbonyl (C=O) groups is 1. The van der Waals surface area contributed by atoms with E-state index in [4.69, 9.17) is 20.9 Å². The number of rotatable bonds is 2. The highest BCUT2D eigenvalue weighted by Crippen LogP contribution is 2.49. The van der Waals surface area contributed by atoms with Gasteiger partial charge in [0, 0.05) is 31.7 Å². The lowest BCUT2D eigenvalue weighted by molar-refractivity contribution is 0.00959. The number of carbonyl (C=O) groups excluding carboxylic acids is 1. The number of amides is 2. The Hall–Kier alpha value is -2.19. The lowest BCUT2D eigenvalue weighted by atomic mass is 9.72. The van der Waals surface area contributed by atoms with Crippen molar-refractivity contribution in [3.05, 3.63) is 40.8 Å². The third kappa shape index (κ3) is 3.39. The fraction of sp³-hybridized carbons (Fsp3) is 0.500. The first-order valence-electron chi connectivity index (χ1n) is 8.86. The molecule has 9 heteroatoms. The number of halogens is 2. The van der Waals surface area contributed by atoms with Crippen molar-refractivity contribution in [1.29, 1.82) is 0 Å². The van der Waals surface area contributed by atoms with Gasteiger partial charge in [-0.1, -0.05) is 22.8 Å². The fourth-order valence-electron chi connectivity index (χ4n) is 4.00. The number of nitrogens with one attached hydrogen (secondary N) is 1. The topological polar surface area (TPSA) is 80.5 Å². The highest BCUT2D eigenvalue weighted by Gasteiger charge is 2.51. The first kappa shape index (κ1) is 18.2. The maximum atomic E-state index is 14.1. The lowest BCUT2D eigenvalue weighted by Crippen LogP contribution is -2.38. The Balaban J connectivity index is 1.57. The van der Waals surface area contributed by atoms with E-state index in [-0.39, 0.29) is 28.1 Å². The predicted octanol–water partition coefficient (Wildman–Crippen LogP) is 3.60. The van der Waals surface area contributed by atoms with Crippen molar-refractivity contribution in [2.45, 2.75) is 25.7 Å². The molecule has 3 heterocycles. The monoisotopic (exact) mass is 394 g/mol. The Bertz CT molecular complexity index is 853. The summed E-state index contributed by atoms with van der Waals surface area (Å²) in [5.74, 6) is 0.392. The third-order valence-corrected chi connectivity index (χ3v) is 5.75. The number of likely N-dealkylation sites (tertiary alicyclic amines) is 1. The smallest absolute Gasteiger partial charge is 0.321 e. The van der Waals surface area contributed by atoms with Gasteiger partial charge in [-0.15, -0.1) is 0 Å². The molecule has 7 nitrogen and oxygen atoms in total. The zero-order valence-electron chi connectivity index (χ0n) is 14.9. The van der Waals surface area contributed by atoms with Gasteiger partial charge in [0.2, 0.25) is 5.89 Å². The first-order valence-corrected chi connectivity index (χ1v) is 9.24. The Morgan fingerprint density at radius 2 is 2.19 bits per heavy atom. The molecule has 1 atom stereocenters. The minimum absolute atomic E-state index is 0.0330. The molecule has 0 aliphatic carbocycles. The molecule has 144 valence electrons. The number of nitrogens with zero attached hydrogens (tertiary/aromatic N) is 3. The van der Waals surface area contributed by atoms with E-state index >= 15 is 0 Å². The van der Waals surface area contributed by atoms with E-state index in [0.29, 0.717) is 38.0 Å². The summed E-state index contributed by atoms with van der Waals surface area (Å²) in [5, 5.41) is 6.49. The van der Waals surface area contributed by atoms with Crippen LogP contribution in [-0.2, 0) is 4.74 Å². The zero-order valence-corrected chi connectivity index (χ0v) is 15.6.